The van der Waals surface area contributed by atoms with E-state index in [4.69, 9.17) is 0 Å². The van der Waals surface area contributed by atoms with Crippen molar-refractivity contribution in [2.24, 2.45) is 11.3 Å². The molecule has 2 atom stereocenters. The average molecular weight is 354 g/mol. The highest BCUT2D eigenvalue weighted by atomic mass is 16.4. The number of amides is 2. The van der Waals surface area contributed by atoms with Gasteiger partial charge in [-0.05, 0) is 12.1 Å². The molecule has 2 saturated heterocycles. The second-order valence-electron chi connectivity index (χ2n) is 6.80. The number of aromatic nitrogens is 2. The predicted molar refractivity (Wildman–Crippen MR) is 91.4 cm³/mol. The van der Waals surface area contributed by atoms with Gasteiger partial charge in [-0.3, -0.25) is 14.4 Å². The number of hydrogen-bond acceptors (Lipinski definition) is 4. The van der Waals surface area contributed by atoms with Crippen LogP contribution in [0.3, 0.4) is 0 Å². The van der Waals surface area contributed by atoms with Crippen molar-refractivity contribution in [2.45, 2.75) is 0 Å². The zero-order valence-electron chi connectivity index (χ0n) is 14.0. The molecule has 0 bridgehead atoms. The molecule has 2 aliphatic heterocycles. The van der Waals surface area contributed by atoms with Crippen LogP contribution >= 0.6 is 0 Å². The summed E-state index contributed by atoms with van der Waals surface area (Å²) in [4.78, 5) is 40.6. The SMILES string of the molecule is C=CCN1C[C@]2(C(=O)O)CN(C(=O)c3cnn4ccccc34)C[C@@H]2C1=O. The number of rotatable bonds is 4. The first-order valence-electron chi connectivity index (χ1n) is 8.32. The molecule has 0 unspecified atom stereocenters. The third-order valence-electron chi connectivity index (χ3n) is 5.35. The molecule has 0 aromatic carbocycles. The van der Waals surface area contributed by atoms with Crippen molar-refractivity contribution in [3.8, 4) is 0 Å². The summed E-state index contributed by atoms with van der Waals surface area (Å²) in [6.45, 7) is 4.12. The molecular formula is C18H18N4O4. The maximum Gasteiger partial charge on any atom is 0.314 e. The predicted octanol–water partition coefficient (Wildman–Crippen LogP) is 0.505. The fraction of sp³-hybridized carbons (Fsp3) is 0.333. The third-order valence-corrected chi connectivity index (χ3v) is 5.35. The molecule has 2 aromatic rings. The summed E-state index contributed by atoms with van der Waals surface area (Å²) in [6.07, 6.45) is 4.79. The molecule has 1 N–H and O–H groups in total. The number of fused-ring (bicyclic) bond motifs is 2. The van der Waals surface area contributed by atoms with Gasteiger partial charge in [-0.1, -0.05) is 12.1 Å². The van der Waals surface area contributed by atoms with E-state index in [1.54, 1.807) is 28.9 Å². The number of carbonyl (C=O) groups excluding carboxylic acids is 2. The highest BCUT2D eigenvalue weighted by Crippen LogP contribution is 2.44. The summed E-state index contributed by atoms with van der Waals surface area (Å²) in [5, 5.41) is 14.0. The molecule has 0 radical (unpaired) electrons. The van der Waals surface area contributed by atoms with E-state index in [0.717, 1.165) is 0 Å². The Morgan fingerprint density at radius 1 is 1.38 bits per heavy atom. The molecule has 0 aliphatic carbocycles. The molecule has 0 spiro atoms. The van der Waals surface area contributed by atoms with Crippen molar-refractivity contribution in [1.82, 2.24) is 19.4 Å². The van der Waals surface area contributed by atoms with Crippen LogP contribution in [-0.2, 0) is 9.59 Å². The molecule has 0 saturated carbocycles. The van der Waals surface area contributed by atoms with Gasteiger partial charge in [0.25, 0.3) is 5.91 Å². The standard InChI is InChI=1S/C18H18N4O4/c1-2-6-20-10-18(17(25)26)11-21(9-13(18)16(20)24)15(23)12-8-19-22-7-4-3-5-14(12)22/h2-5,7-8,13H,1,6,9-11H2,(H,25,26)/t13-,18+/m1/s1. The molecule has 4 heterocycles. The number of nitrogens with zero attached hydrogens (tertiary/aromatic N) is 4. The Hall–Kier alpha value is -3.16. The number of likely N-dealkylation sites (tertiary alicyclic amines) is 2. The van der Waals surface area contributed by atoms with Gasteiger partial charge in [0.05, 0.1) is 23.2 Å². The van der Waals surface area contributed by atoms with E-state index in [1.165, 1.54) is 16.0 Å². The maximum atomic E-state index is 13.0. The van der Waals surface area contributed by atoms with Crippen LogP contribution in [0, 0.1) is 11.3 Å². The Morgan fingerprint density at radius 3 is 2.88 bits per heavy atom. The van der Waals surface area contributed by atoms with Gasteiger partial charge in [-0.25, -0.2) is 4.52 Å². The molecule has 8 heteroatoms. The first-order valence-corrected chi connectivity index (χ1v) is 8.32. The first kappa shape index (κ1) is 16.3. The minimum atomic E-state index is -1.27. The van der Waals surface area contributed by atoms with E-state index in [1.807, 2.05) is 6.07 Å². The minimum Gasteiger partial charge on any atom is -0.481 e. The van der Waals surface area contributed by atoms with Crippen LogP contribution in [0.5, 0.6) is 0 Å². The molecule has 2 fully saturated rings. The molecule has 8 nitrogen and oxygen atoms in total. The summed E-state index contributed by atoms with van der Waals surface area (Å²) in [7, 11) is 0. The van der Waals surface area contributed by atoms with Crippen LogP contribution in [0.25, 0.3) is 5.52 Å². The number of hydrogen-bond donors (Lipinski definition) is 1. The van der Waals surface area contributed by atoms with Crippen molar-refractivity contribution in [3.05, 3.63) is 48.8 Å². The Kier molecular flexibility index (Phi) is 3.57. The summed E-state index contributed by atoms with van der Waals surface area (Å²) in [5.74, 6) is -2.31. The molecular weight excluding hydrogens is 336 g/mol. The Balaban J connectivity index is 1.65. The molecule has 4 rings (SSSR count). The number of pyridine rings is 1. The van der Waals surface area contributed by atoms with Crippen LogP contribution < -0.4 is 0 Å². The molecule has 2 aliphatic rings. The Morgan fingerprint density at radius 2 is 2.19 bits per heavy atom. The second kappa shape index (κ2) is 5.69. The number of carboxylic acids is 1. The fourth-order valence-corrected chi connectivity index (χ4v) is 4.04. The monoisotopic (exact) mass is 354 g/mol. The van der Waals surface area contributed by atoms with E-state index in [9.17, 15) is 19.5 Å². The maximum absolute atomic E-state index is 13.0. The van der Waals surface area contributed by atoms with Crippen LogP contribution in [0.4, 0.5) is 0 Å². The second-order valence-corrected chi connectivity index (χ2v) is 6.80. The van der Waals surface area contributed by atoms with Gasteiger partial charge in [0, 0.05) is 32.4 Å². The summed E-state index contributed by atoms with van der Waals surface area (Å²) < 4.78 is 1.59. The van der Waals surface area contributed by atoms with Crippen molar-refractivity contribution in [2.75, 3.05) is 26.2 Å². The highest BCUT2D eigenvalue weighted by Gasteiger charge is 2.62. The summed E-state index contributed by atoms with van der Waals surface area (Å²) in [5.41, 5.74) is -0.210. The normalized spacial score (nSPS) is 24.9. The largest absolute Gasteiger partial charge is 0.481 e. The lowest BCUT2D eigenvalue weighted by Gasteiger charge is -2.24. The van der Waals surface area contributed by atoms with E-state index in [-0.39, 0.29) is 31.4 Å². The Labute approximate surface area is 149 Å². The van der Waals surface area contributed by atoms with Crippen LogP contribution in [0.2, 0.25) is 0 Å². The zero-order valence-corrected chi connectivity index (χ0v) is 14.0. The van der Waals surface area contributed by atoms with E-state index >= 15 is 0 Å². The fourth-order valence-electron chi connectivity index (χ4n) is 4.04. The van der Waals surface area contributed by atoms with Crippen molar-refractivity contribution < 1.29 is 19.5 Å². The van der Waals surface area contributed by atoms with Gasteiger partial charge in [0.1, 0.15) is 5.41 Å². The third kappa shape index (κ3) is 2.15. The smallest absolute Gasteiger partial charge is 0.314 e. The van der Waals surface area contributed by atoms with Gasteiger partial charge in [-0.2, -0.15) is 5.10 Å². The molecule has 2 aromatic heterocycles. The van der Waals surface area contributed by atoms with Crippen molar-refractivity contribution >= 4 is 23.3 Å². The average Bonchev–Trinajstić information content (AvgIpc) is 3.28. The number of aliphatic carboxylic acids is 1. The minimum absolute atomic E-state index is 0.00932. The number of carboxylic acid groups (broad SMARTS) is 1. The van der Waals surface area contributed by atoms with Gasteiger partial charge in [-0.15, -0.1) is 6.58 Å². The van der Waals surface area contributed by atoms with Gasteiger partial charge < -0.3 is 14.9 Å². The van der Waals surface area contributed by atoms with Crippen LogP contribution in [-0.4, -0.2) is 68.5 Å². The van der Waals surface area contributed by atoms with Gasteiger partial charge in [0.15, 0.2) is 0 Å². The van der Waals surface area contributed by atoms with E-state index in [2.05, 4.69) is 11.7 Å². The van der Waals surface area contributed by atoms with Gasteiger partial charge >= 0.3 is 5.97 Å². The lowest BCUT2D eigenvalue weighted by molar-refractivity contribution is -0.149. The lowest BCUT2D eigenvalue weighted by Crippen LogP contribution is -2.42. The quantitative estimate of drug-likeness (QED) is 0.807. The van der Waals surface area contributed by atoms with Crippen LogP contribution in [0.1, 0.15) is 10.4 Å². The zero-order chi connectivity index (χ0) is 18.5. The lowest BCUT2D eigenvalue weighted by atomic mass is 9.81. The summed E-state index contributed by atoms with van der Waals surface area (Å²) in [6, 6.07) is 5.39. The van der Waals surface area contributed by atoms with Crippen LogP contribution in [0.15, 0.2) is 43.2 Å². The molecule has 134 valence electrons. The van der Waals surface area contributed by atoms with E-state index in [0.29, 0.717) is 17.6 Å². The highest BCUT2D eigenvalue weighted by molar-refractivity contribution is 6.02. The van der Waals surface area contributed by atoms with Gasteiger partial charge in [0.2, 0.25) is 5.91 Å². The number of carbonyl (C=O) groups is 3. The molecule has 2 amide bonds. The van der Waals surface area contributed by atoms with Crippen molar-refractivity contribution in [1.29, 1.82) is 0 Å². The first-order chi connectivity index (χ1) is 12.5. The summed E-state index contributed by atoms with van der Waals surface area (Å²) >= 11 is 0. The Bertz CT molecular complexity index is 936. The topological polar surface area (TPSA) is 95.2 Å². The molecule has 26 heavy (non-hydrogen) atoms. The van der Waals surface area contributed by atoms with E-state index < -0.39 is 17.3 Å². The van der Waals surface area contributed by atoms with Crippen molar-refractivity contribution in [3.63, 3.8) is 0 Å².